The van der Waals surface area contributed by atoms with Crippen molar-refractivity contribution in [3.63, 3.8) is 0 Å². The van der Waals surface area contributed by atoms with Crippen LogP contribution in [0.25, 0.3) is 0 Å². The highest BCUT2D eigenvalue weighted by atomic mass is 15.1. The average molecular weight is 226 g/mol. The standard InChI is InChI=1S/C14H30N2/c1-5-15-9-6-10-16-11-7-13(8-12-16)14(2,3)4/h13,15H,5-12H2,1-4H3. The largest absolute Gasteiger partial charge is 0.317 e. The minimum absolute atomic E-state index is 0.510. The summed E-state index contributed by atoms with van der Waals surface area (Å²) in [6.45, 7) is 15.5. The van der Waals surface area contributed by atoms with Gasteiger partial charge in [-0.05, 0) is 63.3 Å². The highest BCUT2D eigenvalue weighted by molar-refractivity contribution is 4.80. The van der Waals surface area contributed by atoms with Crippen LogP contribution in [0.3, 0.4) is 0 Å². The molecule has 1 aliphatic heterocycles. The molecule has 1 fully saturated rings. The first-order valence-corrected chi connectivity index (χ1v) is 6.97. The molecule has 0 spiro atoms. The minimum Gasteiger partial charge on any atom is -0.317 e. The highest BCUT2D eigenvalue weighted by Gasteiger charge is 2.28. The summed E-state index contributed by atoms with van der Waals surface area (Å²) in [6, 6.07) is 0. The molecule has 0 saturated carbocycles. The Kier molecular flexibility index (Phi) is 5.77. The van der Waals surface area contributed by atoms with Crippen molar-refractivity contribution in [2.45, 2.75) is 47.0 Å². The normalized spacial score (nSPS) is 20.2. The first-order chi connectivity index (χ1) is 7.54. The van der Waals surface area contributed by atoms with Crippen molar-refractivity contribution in [2.24, 2.45) is 11.3 Å². The third kappa shape index (κ3) is 4.84. The predicted octanol–water partition coefficient (Wildman–Crippen LogP) is 2.74. The third-order valence-corrected chi connectivity index (χ3v) is 3.89. The van der Waals surface area contributed by atoms with Crippen molar-refractivity contribution in [2.75, 3.05) is 32.7 Å². The number of nitrogens with one attached hydrogen (secondary N) is 1. The van der Waals surface area contributed by atoms with Gasteiger partial charge in [0.25, 0.3) is 0 Å². The van der Waals surface area contributed by atoms with Gasteiger partial charge in [-0.2, -0.15) is 0 Å². The smallest absolute Gasteiger partial charge is 0.000664 e. The molecule has 1 heterocycles. The van der Waals surface area contributed by atoms with E-state index in [0.29, 0.717) is 5.41 Å². The van der Waals surface area contributed by atoms with Gasteiger partial charge in [0.05, 0.1) is 0 Å². The Bertz CT molecular complexity index is 176. The number of piperidine rings is 1. The van der Waals surface area contributed by atoms with Crippen LogP contribution in [0.4, 0.5) is 0 Å². The van der Waals surface area contributed by atoms with Crippen LogP contribution in [0.1, 0.15) is 47.0 Å². The van der Waals surface area contributed by atoms with Gasteiger partial charge in [-0.3, -0.25) is 0 Å². The molecule has 2 heteroatoms. The zero-order valence-electron chi connectivity index (χ0n) is 11.7. The molecule has 0 aromatic rings. The van der Waals surface area contributed by atoms with E-state index in [1.807, 2.05) is 0 Å². The van der Waals surface area contributed by atoms with Crippen molar-refractivity contribution in [3.8, 4) is 0 Å². The van der Waals surface area contributed by atoms with Gasteiger partial charge in [0, 0.05) is 0 Å². The molecule has 0 aromatic heterocycles. The van der Waals surface area contributed by atoms with E-state index in [9.17, 15) is 0 Å². The van der Waals surface area contributed by atoms with Gasteiger partial charge in [-0.15, -0.1) is 0 Å². The summed E-state index contributed by atoms with van der Waals surface area (Å²) >= 11 is 0. The van der Waals surface area contributed by atoms with Gasteiger partial charge in [0.1, 0.15) is 0 Å². The molecule has 0 radical (unpaired) electrons. The maximum Gasteiger partial charge on any atom is -0.000664 e. The fraction of sp³-hybridized carbons (Fsp3) is 1.00. The quantitative estimate of drug-likeness (QED) is 0.725. The van der Waals surface area contributed by atoms with Crippen molar-refractivity contribution in [3.05, 3.63) is 0 Å². The summed E-state index contributed by atoms with van der Waals surface area (Å²) in [4.78, 5) is 2.64. The molecule has 1 N–H and O–H groups in total. The molecule has 0 amide bonds. The van der Waals surface area contributed by atoms with Crippen molar-refractivity contribution in [1.82, 2.24) is 10.2 Å². The van der Waals surface area contributed by atoms with E-state index in [1.54, 1.807) is 0 Å². The van der Waals surface area contributed by atoms with Gasteiger partial charge in [0.2, 0.25) is 0 Å². The van der Waals surface area contributed by atoms with E-state index >= 15 is 0 Å². The Labute approximate surface area is 102 Å². The van der Waals surface area contributed by atoms with Gasteiger partial charge >= 0.3 is 0 Å². The molecule has 96 valence electrons. The van der Waals surface area contributed by atoms with Crippen molar-refractivity contribution in [1.29, 1.82) is 0 Å². The molecule has 0 aromatic carbocycles. The molecule has 16 heavy (non-hydrogen) atoms. The van der Waals surface area contributed by atoms with Crippen LogP contribution in [0, 0.1) is 11.3 Å². The van der Waals surface area contributed by atoms with Crippen molar-refractivity contribution >= 4 is 0 Å². The van der Waals surface area contributed by atoms with Crippen molar-refractivity contribution < 1.29 is 0 Å². The number of nitrogens with zero attached hydrogens (tertiary/aromatic N) is 1. The number of hydrogen-bond donors (Lipinski definition) is 1. The summed E-state index contributed by atoms with van der Waals surface area (Å²) < 4.78 is 0. The SMILES string of the molecule is CCNCCCN1CCC(C(C)(C)C)CC1. The maximum absolute atomic E-state index is 3.39. The molecule has 1 saturated heterocycles. The lowest BCUT2D eigenvalue weighted by Crippen LogP contribution is -2.39. The second kappa shape index (κ2) is 6.61. The summed E-state index contributed by atoms with van der Waals surface area (Å²) in [5, 5.41) is 3.39. The highest BCUT2D eigenvalue weighted by Crippen LogP contribution is 2.34. The Morgan fingerprint density at radius 1 is 1.19 bits per heavy atom. The fourth-order valence-electron chi connectivity index (χ4n) is 2.63. The lowest BCUT2D eigenvalue weighted by atomic mass is 9.75. The minimum atomic E-state index is 0.510. The summed E-state index contributed by atoms with van der Waals surface area (Å²) in [7, 11) is 0. The molecule has 2 nitrogen and oxygen atoms in total. The zero-order chi connectivity index (χ0) is 12.0. The lowest BCUT2D eigenvalue weighted by molar-refractivity contribution is 0.111. The van der Waals surface area contributed by atoms with Crippen LogP contribution in [0.5, 0.6) is 0 Å². The van der Waals surface area contributed by atoms with E-state index in [4.69, 9.17) is 0 Å². The molecular weight excluding hydrogens is 196 g/mol. The summed E-state index contributed by atoms with van der Waals surface area (Å²) in [6.07, 6.45) is 4.09. The fourth-order valence-corrected chi connectivity index (χ4v) is 2.63. The lowest BCUT2D eigenvalue weighted by Gasteiger charge is -2.38. The Morgan fingerprint density at radius 2 is 1.81 bits per heavy atom. The number of likely N-dealkylation sites (tertiary alicyclic amines) is 1. The molecule has 0 aliphatic carbocycles. The van der Waals surface area contributed by atoms with E-state index in [-0.39, 0.29) is 0 Å². The first-order valence-electron chi connectivity index (χ1n) is 6.97. The monoisotopic (exact) mass is 226 g/mol. The average Bonchev–Trinajstić information content (AvgIpc) is 2.24. The van der Waals surface area contributed by atoms with E-state index in [2.05, 4.69) is 37.9 Å². The second-order valence-corrected chi connectivity index (χ2v) is 6.19. The first kappa shape index (κ1) is 14.0. The van der Waals surface area contributed by atoms with Crippen LogP contribution >= 0.6 is 0 Å². The van der Waals surface area contributed by atoms with Crippen LogP contribution in [0.2, 0.25) is 0 Å². The van der Waals surface area contributed by atoms with Crippen LogP contribution in [-0.4, -0.2) is 37.6 Å². The van der Waals surface area contributed by atoms with E-state index in [0.717, 1.165) is 12.5 Å². The van der Waals surface area contributed by atoms with Gasteiger partial charge in [0.15, 0.2) is 0 Å². The Morgan fingerprint density at radius 3 is 2.31 bits per heavy atom. The number of hydrogen-bond acceptors (Lipinski definition) is 2. The van der Waals surface area contributed by atoms with E-state index in [1.165, 1.54) is 45.4 Å². The maximum atomic E-state index is 3.39. The Balaban J connectivity index is 2.12. The topological polar surface area (TPSA) is 15.3 Å². The summed E-state index contributed by atoms with van der Waals surface area (Å²) in [5.74, 6) is 0.928. The molecule has 0 bridgehead atoms. The zero-order valence-corrected chi connectivity index (χ0v) is 11.7. The van der Waals surface area contributed by atoms with Crippen LogP contribution in [-0.2, 0) is 0 Å². The molecular formula is C14H30N2. The molecule has 0 atom stereocenters. The molecule has 1 rings (SSSR count). The van der Waals surface area contributed by atoms with Gasteiger partial charge < -0.3 is 10.2 Å². The summed E-state index contributed by atoms with van der Waals surface area (Å²) in [5.41, 5.74) is 0.510. The molecule has 0 unspecified atom stereocenters. The number of rotatable bonds is 5. The van der Waals surface area contributed by atoms with Crippen LogP contribution in [0.15, 0.2) is 0 Å². The van der Waals surface area contributed by atoms with Gasteiger partial charge in [-0.25, -0.2) is 0 Å². The van der Waals surface area contributed by atoms with Gasteiger partial charge in [-0.1, -0.05) is 27.7 Å². The second-order valence-electron chi connectivity index (χ2n) is 6.19. The van der Waals surface area contributed by atoms with Crippen LogP contribution < -0.4 is 5.32 Å². The van der Waals surface area contributed by atoms with E-state index < -0.39 is 0 Å². The predicted molar refractivity (Wildman–Crippen MR) is 71.8 cm³/mol. The molecule has 1 aliphatic rings. The third-order valence-electron chi connectivity index (χ3n) is 3.89. The Hall–Kier alpha value is -0.0800.